The third kappa shape index (κ3) is 9.95. The third-order valence-electron chi connectivity index (χ3n) is 1.10. The van der Waals surface area contributed by atoms with Crippen LogP contribution in [0.3, 0.4) is 0 Å². The second kappa shape index (κ2) is 4.26. The van der Waals surface area contributed by atoms with Gasteiger partial charge in [0.05, 0.1) is 0 Å². The van der Waals surface area contributed by atoms with Crippen molar-refractivity contribution >= 4 is 16.3 Å². The Balaban J connectivity index is 3.75. The lowest BCUT2D eigenvalue weighted by Crippen LogP contribution is -2.34. The van der Waals surface area contributed by atoms with E-state index in [-0.39, 0.29) is 0 Å². The molecule has 0 aromatic rings. The molecule has 0 heterocycles. The van der Waals surface area contributed by atoms with Gasteiger partial charge in [-0.1, -0.05) is 19.6 Å². The second-order valence-corrected chi connectivity index (χ2v) is 14.4. The first-order valence-corrected chi connectivity index (χ1v) is 11.3. The fourth-order valence-corrected chi connectivity index (χ4v) is 1.74. The molecule has 0 aromatic carbocycles. The zero-order valence-electron chi connectivity index (χ0n) is 9.15. The fraction of sp³-hybridized carbons (Fsp3) is 0.778. The Kier molecular flexibility index (Phi) is 4.25. The molecular formula is C9H20NSi2+. The highest BCUT2D eigenvalue weighted by Crippen LogP contribution is 1.97. The van der Waals surface area contributed by atoms with Crippen molar-refractivity contribution in [2.24, 2.45) is 0 Å². The first-order chi connectivity index (χ1) is 5.21. The largest absolute Gasteiger partial charge is 0.387 e. The smallest absolute Gasteiger partial charge is 0.126 e. The molecule has 1 nitrogen and oxygen atoms in total. The molecule has 12 heavy (non-hydrogen) atoms. The summed E-state index contributed by atoms with van der Waals surface area (Å²) in [6, 6.07) is 0. The quantitative estimate of drug-likeness (QED) is 0.477. The van der Waals surface area contributed by atoms with Crippen LogP contribution in [0.25, 0.3) is 0 Å². The summed E-state index contributed by atoms with van der Waals surface area (Å²) in [5, 5.41) is 0. The van der Waals surface area contributed by atoms with Crippen molar-refractivity contribution in [3.8, 4) is 11.5 Å². The zero-order valence-corrected chi connectivity index (χ0v) is 11.2. The molecule has 0 aromatic heterocycles. The standard InChI is InChI=1S/C9H20NSi2/c1-11(2,3)9-7-8-10-12(4,5)6/h8H2,1-6H3/q+1. The van der Waals surface area contributed by atoms with Crippen molar-refractivity contribution < 1.29 is 0 Å². The molecule has 0 saturated carbocycles. The van der Waals surface area contributed by atoms with Crippen LogP contribution in [0.5, 0.6) is 0 Å². The van der Waals surface area contributed by atoms with Gasteiger partial charge in [0.1, 0.15) is 8.07 Å². The Morgan fingerprint density at radius 1 is 1.00 bits per heavy atom. The molecular weight excluding hydrogens is 178 g/mol. The summed E-state index contributed by atoms with van der Waals surface area (Å²) >= 11 is 0. The SMILES string of the molecule is C[Si](C)(C)C#CC[N+][Si](C)(C)C. The third-order valence-corrected chi connectivity index (χ3v) is 3.13. The second-order valence-electron chi connectivity index (χ2n) is 5.04. The molecule has 0 bridgehead atoms. The molecule has 0 aliphatic rings. The highest BCUT2D eigenvalue weighted by atomic mass is 28.3. The summed E-state index contributed by atoms with van der Waals surface area (Å²) < 4.78 is 0. The van der Waals surface area contributed by atoms with Crippen molar-refractivity contribution in [2.75, 3.05) is 6.54 Å². The van der Waals surface area contributed by atoms with Gasteiger partial charge < -0.3 is 0 Å². The van der Waals surface area contributed by atoms with Crippen LogP contribution in [0.2, 0.25) is 39.3 Å². The highest BCUT2D eigenvalue weighted by molar-refractivity contribution is 6.83. The Morgan fingerprint density at radius 3 is 1.83 bits per heavy atom. The van der Waals surface area contributed by atoms with E-state index in [1.807, 2.05) is 0 Å². The van der Waals surface area contributed by atoms with Crippen LogP contribution in [0.4, 0.5) is 0 Å². The number of nitrogens with zero attached hydrogens (tertiary/aromatic N) is 1. The van der Waals surface area contributed by atoms with Gasteiger partial charge in [-0.15, -0.1) is 5.54 Å². The van der Waals surface area contributed by atoms with Gasteiger partial charge in [0, 0.05) is 0 Å². The molecule has 0 rings (SSSR count). The Labute approximate surface area is 79.0 Å². The molecule has 0 fully saturated rings. The van der Waals surface area contributed by atoms with Crippen molar-refractivity contribution in [2.45, 2.75) is 39.3 Å². The molecule has 0 amide bonds. The van der Waals surface area contributed by atoms with Gasteiger partial charge in [0.15, 0.2) is 0 Å². The van der Waals surface area contributed by atoms with Gasteiger partial charge in [-0.05, 0) is 30.5 Å². The summed E-state index contributed by atoms with van der Waals surface area (Å²) in [4.78, 5) is 4.55. The molecule has 0 saturated heterocycles. The maximum atomic E-state index is 4.55. The van der Waals surface area contributed by atoms with E-state index in [1.54, 1.807) is 0 Å². The first kappa shape index (κ1) is 12.0. The molecule has 3 heteroatoms. The van der Waals surface area contributed by atoms with Gasteiger partial charge in [0.25, 0.3) is 0 Å². The summed E-state index contributed by atoms with van der Waals surface area (Å²) in [5.41, 5.74) is 3.31. The van der Waals surface area contributed by atoms with E-state index < -0.39 is 16.3 Å². The molecule has 0 N–H and O–H groups in total. The molecule has 0 atom stereocenters. The lowest BCUT2D eigenvalue weighted by atomic mass is 10.7. The van der Waals surface area contributed by atoms with Crippen LogP contribution >= 0.6 is 0 Å². The topological polar surface area (TPSA) is 14.1 Å². The number of rotatable bonds is 2. The predicted octanol–water partition coefficient (Wildman–Crippen LogP) is 2.31. The van der Waals surface area contributed by atoms with Crippen LogP contribution in [-0.2, 0) is 0 Å². The summed E-state index contributed by atoms with van der Waals surface area (Å²) in [5.74, 6) is 3.16. The van der Waals surface area contributed by atoms with Crippen LogP contribution in [0.15, 0.2) is 0 Å². The normalized spacial score (nSPS) is 12.2. The molecule has 0 unspecified atom stereocenters. The average Bonchev–Trinajstić information content (AvgIpc) is 1.76. The van der Waals surface area contributed by atoms with E-state index in [4.69, 9.17) is 0 Å². The summed E-state index contributed by atoms with van der Waals surface area (Å²) in [6.07, 6.45) is 0. The Bertz CT molecular complexity index is 187. The molecule has 68 valence electrons. The minimum Gasteiger partial charge on any atom is -0.126 e. The highest BCUT2D eigenvalue weighted by Gasteiger charge is 2.29. The lowest BCUT2D eigenvalue weighted by molar-refractivity contribution is 1.04. The van der Waals surface area contributed by atoms with E-state index >= 15 is 0 Å². The lowest BCUT2D eigenvalue weighted by Gasteiger charge is -2.02. The Morgan fingerprint density at radius 2 is 1.50 bits per heavy atom. The van der Waals surface area contributed by atoms with E-state index in [2.05, 4.69) is 55.7 Å². The van der Waals surface area contributed by atoms with Gasteiger partial charge >= 0.3 is 8.24 Å². The fourth-order valence-electron chi connectivity index (χ4n) is 0.581. The first-order valence-electron chi connectivity index (χ1n) is 4.39. The van der Waals surface area contributed by atoms with Gasteiger partial charge in [-0.25, -0.2) is 0 Å². The average molecular weight is 198 g/mol. The van der Waals surface area contributed by atoms with E-state index in [0.29, 0.717) is 0 Å². The van der Waals surface area contributed by atoms with Gasteiger partial charge in [0.2, 0.25) is 6.54 Å². The van der Waals surface area contributed by atoms with Crippen molar-refractivity contribution in [3.63, 3.8) is 0 Å². The maximum absolute atomic E-state index is 4.55. The predicted molar refractivity (Wildman–Crippen MR) is 61.5 cm³/mol. The molecule has 0 spiro atoms. The van der Waals surface area contributed by atoms with Crippen molar-refractivity contribution in [1.29, 1.82) is 0 Å². The Hall–Kier alpha value is -0.0462. The van der Waals surface area contributed by atoms with E-state index in [9.17, 15) is 0 Å². The van der Waals surface area contributed by atoms with E-state index in [1.165, 1.54) is 0 Å². The monoisotopic (exact) mass is 198 g/mol. The number of hydrogen-bond donors (Lipinski definition) is 0. The van der Waals surface area contributed by atoms with Crippen LogP contribution in [0.1, 0.15) is 0 Å². The summed E-state index contributed by atoms with van der Waals surface area (Å²) in [6.45, 7) is 14.2. The van der Waals surface area contributed by atoms with Crippen LogP contribution in [0, 0.1) is 11.5 Å². The molecule has 2 radical (unpaired) electrons. The molecule has 0 aliphatic carbocycles. The summed E-state index contributed by atoms with van der Waals surface area (Å²) in [7, 11) is -2.37. The van der Waals surface area contributed by atoms with Crippen LogP contribution in [-0.4, -0.2) is 22.9 Å². The maximum Gasteiger partial charge on any atom is 0.387 e. The number of hydrogen-bond acceptors (Lipinski definition) is 0. The van der Waals surface area contributed by atoms with Gasteiger partial charge in [-0.2, -0.15) is 0 Å². The van der Waals surface area contributed by atoms with Crippen LogP contribution < -0.4 is 4.98 Å². The van der Waals surface area contributed by atoms with Crippen molar-refractivity contribution in [1.82, 2.24) is 4.98 Å². The van der Waals surface area contributed by atoms with Gasteiger partial charge in [-0.3, -0.25) is 0 Å². The van der Waals surface area contributed by atoms with E-state index in [0.717, 1.165) is 6.54 Å². The van der Waals surface area contributed by atoms with Crippen molar-refractivity contribution in [3.05, 3.63) is 0 Å². The minimum absolute atomic E-state index is 0.750. The molecule has 0 aliphatic heterocycles. The minimum atomic E-state index is -1.22. The zero-order chi connectivity index (χ0) is 9.83.